The molecular weight excluding hydrogens is 450 g/mol. The van der Waals surface area contributed by atoms with Crippen molar-refractivity contribution in [2.45, 2.75) is 13.1 Å². The number of aryl methyl sites for hydroxylation is 1. The predicted molar refractivity (Wildman–Crippen MR) is 140 cm³/mol. The molecule has 9 nitrogen and oxygen atoms in total. The first-order chi connectivity index (χ1) is 17.6. The molecule has 6 rings (SSSR count). The van der Waals surface area contributed by atoms with Gasteiger partial charge in [0.15, 0.2) is 5.82 Å². The monoisotopic (exact) mass is 471 g/mol. The van der Waals surface area contributed by atoms with Crippen LogP contribution in [0.15, 0.2) is 79.3 Å². The van der Waals surface area contributed by atoms with Crippen LogP contribution in [0.1, 0.15) is 23.0 Å². The van der Waals surface area contributed by atoms with Crippen LogP contribution in [0.3, 0.4) is 0 Å². The smallest absolute Gasteiger partial charge is 0.153 e. The Hall–Kier alpha value is -5.23. The third kappa shape index (κ3) is 4.19. The van der Waals surface area contributed by atoms with Crippen LogP contribution in [0.5, 0.6) is 0 Å². The average Bonchev–Trinajstić information content (AvgIpc) is 3.33. The molecular formula is C27H21N9. The number of anilines is 6. The van der Waals surface area contributed by atoms with Gasteiger partial charge in [0.25, 0.3) is 0 Å². The van der Waals surface area contributed by atoms with Gasteiger partial charge in [-0.2, -0.15) is 5.26 Å². The first kappa shape index (κ1) is 21.3. The third-order valence-electron chi connectivity index (χ3n) is 5.90. The summed E-state index contributed by atoms with van der Waals surface area (Å²) in [7, 11) is 0. The van der Waals surface area contributed by atoms with E-state index in [9.17, 15) is 5.26 Å². The molecule has 1 aliphatic rings. The summed E-state index contributed by atoms with van der Waals surface area (Å²) in [4.78, 5) is 17.9. The number of nitrogens with zero attached hydrogens (tertiary/aromatic N) is 5. The molecule has 9 heteroatoms. The number of nitriles is 1. The minimum atomic E-state index is -0.146. The first-order valence-corrected chi connectivity index (χ1v) is 11.4. The average molecular weight is 472 g/mol. The van der Waals surface area contributed by atoms with Crippen LogP contribution in [0.2, 0.25) is 0 Å². The zero-order valence-electron chi connectivity index (χ0n) is 19.3. The minimum absolute atomic E-state index is 0.146. The maximum Gasteiger partial charge on any atom is 0.153 e. The predicted octanol–water partition coefficient (Wildman–Crippen LogP) is 5.62. The van der Waals surface area contributed by atoms with Crippen LogP contribution >= 0.6 is 0 Å². The van der Waals surface area contributed by atoms with Crippen molar-refractivity contribution in [2.24, 2.45) is 0 Å². The lowest BCUT2D eigenvalue weighted by Gasteiger charge is -2.13. The van der Waals surface area contributed by atoms with Crippen LogP contribution in [-0.4, -0.2) is 19.9 Å². The van der Waals surface area contributed by atoms with Gasteiger partial charge in [0.05, 0.1) is 28.5 Å². The summed E-state index contributed by atoms with van der Waals surface area (Å²) in [6, 6.07) is 21.2. The van der Waals surface area contributed by atoms with E-state index in [1.165, 1.54) is 0 Å². The van der Waals surface area contributed by atoms with Gasteiger partial charge in [0.1, 0.15) is 17.8 Å². The van der Waals surface area contributed by atoms with Gasteiger partial charge < -0.3 is 21.3 Å². The van der Waals surface area contributed by atoms with Crippen molar-refractivity contribution in [1.29, 1.82) is 5.26 Å². The Morgan fingerprint density at radius 1 is 0.861 bits per heavy atom. The molecule has 0 fully saturated rings. The maximum atomic E-state index is 9.24. The summed E-state index contributed by atoms with van der Waals surface area (Å²) < 4.78 is 0. The number of aromatic nitrogens is 4. The summed E-state index contributed by atoms with van der Waals surface area (Å²) in [5.74, 6) is 2.21. The molecule has 4 aromatic heterocycles. The summed E-state index contributed by atoms with van der Waals surface area (Å²) >= 11 is 0. The molecule has 0 saturated carbocycles. The van der Waals surface area contributed by atoms with Crippen LogP contribution < -0.4 is 21.3 Å². The second kappa shape index (κ2) is 8.85. The summed E-state index contributed by atoms with van der Waals surface area (Å²) in [5, 5.41) is 23.6. The molecule has 1 aromatic carbocycles. The Kier molecular flexibility index (Phi) is 5.24. The summed E-state index contributed by atoms with van der Waals surface area (Å²) in [6.07, 6.45) is 5.18. The molecule has 0 radical (unpaired) electrons. The normalized spacial score (nSPS) is 13.8. The van der Waals surface area contributed by atoms with Gasteiger partial charge in [0, 0.05) is 40.9 Å². The van der Waals surface area contributed by atoms with Crippen LogP contribution in [0.4, 0.5) is 34.5 Å². The molecule has 0 bridgehead atoms. The number of pyridine rings is 4. The Morgan fingerprint density at radius 2 is 1.75 bits per heavy atom. The molecule has 0 aliphatic carbocycles. The van der Waals surface area contributed by atoms with E-state index >= 15 is 0 Å². The highest BCUT2D eigenvalue weighted by atomic mass is 15.2. The number of hydrogen-bond acceptors (Lipinski definition) is 9. The molecule has 1 aliphatic heterocycles. The van der Waals surface area contributed by atoms with Gasteiger partial charge in [-0.1, -0.05) is 0 Å². The molecule has 36 heavy (non-hydrogen) atoms. The van der Waals surface area contributed by atoms with Crippen molar-refractivity contribution in [3.63, 3.8) is 0 Å². The lowest BCUT2D eigenvalue weighted by Crippen LogP contribution is -2.12. The van der Waals surface area contributed by atoms with E-state index in [0.717, 1.165) is 50.9 Å². The first-order valence-electron chi connectivity index (χ1n) is 11.4. The highest BCUT2D eigenvalue weighted by molar-refractivity contribution is 5.93. The number of benzene rings is 1. The number of rotatable bonds is 5. The lowest BCUT2D eigenvalue weighted by molar-refractivity contribution is 0.925. The molecule has 0 spiro atoms. The second-order valence-electron chi connectivity index (χ2n) is 8.43. The van der Waals surface area contributed by atoms with Crippen molar-refractivity contribution < 1.29 is 0 Å². The molecule has 5 heterocycles. The fraction of sp³-hybridized carbons (Fsp3) is 0.0741. The van der Waals surface area contributed by atoms with Crippen molar-refractivity contribution in [3.05, 3.63) is 96.1 Å². The van der Waals surface area contributed by atoms with Gasteiger partial charge in [-0.15, -0.1) is 0 Å². The summed E-state index contributed by atoms with van der Waals surface area (Å²) in [5.41, 5.74) is 6.02. The zero-order valence-corrected chi connectivity index (χ0v) is 19.3. The van der Waals surface area contributed by atoms with Gasteiger partial charge in [-0.05, 0) is 67.6 Å². The molecule has 4 N–H and O–H groups in total. The van der Waals surface area contributed by atoms with Crippen molar-refractivity contribution in [2.75, 3.05) is 21.3 Å². The van der Waals surface area contributed by atoms with Crippen molar-refractivity contribution in [3.8, 4) is 6.07 Å². The molecule has 0 saturated heterocycles. The summed E-state index contributed by atoms with van der Waals surface area (Å²) in [6.45, 7) is 1.95. The van der Waals surface area contributed by atoms with Crippen molar-refractivity contribution in [1.82, 2.24) is 19.9 Å². The fourth-order valence-corrected chi connectivity index (χ4v) is 4.13. The lowest BCUT2D eigenvalue weighted by atomic mass is 10.1. The highest BCUT2D eigenvalue weighted by Crippen LogP contribution is 2.35. The molecule has 1 atom stereocenters. The van der Waals surface area contributed by atoms with Crippen molar-refractivity contribution >= 4 is 45.4 Å². The fourth-order valence-electron chi connectivity index (χ4n) is 4.13. The third-order valence-corrected chi connectivity index (χ3v) is 5.90. The van der Waals surface area contributed by atoms with E-state index in [0.29, 0.717) is 11.4 Å². The largest absolute Gasteiger partial charge is 0.359 e. The van der Waals surface area contributed by atoms with E-state index in [-0.39, 0.29) is 6.17 Å². The van der Waals surface area contributed by atoms with Crippen LogP contribution in [0.25, 0.3) is 10.9 Å². The molecule has 1 unspecified atom stereocenters. The second-order valence-corrected chi connectivity index (χ2v) is 8.43. The van der Waals surface area contributed by atoms with E-state index in [1.807, 2.05) is 67.7 Å². The van der Waals surface area contributed by atoms with Gasteiger partial charge in [-0.25, -0.2) is 9.97 Å². The maximum absolute atomic E-state index is 9.24. The topological polar surface area (TPSA) is 123 Å². The van der Waals surface area contributed by atoms with E-state index in [2.05, 4.69) is 42.3 Å². The number of fused-ring (bicyclic) bond motifs is 2. The Labute approximate surface area is 207 Å². The van der Waals surface area contributed by atoms with Crippen LogP contribution in [-0.2, 0) is 0 Å². The molecule has 0 amide bonds. The Morgan fingerprint density at radius 3 is 2.58 bits per heavy atom. The minimum Gasteiger partial charge on any atom is -0.359 e. The molecule has 5 aromatic rings. The highest BCUT2D eigenvalue weighted by Gasteiger charge is 2.23. The number of hydrogen-bond donors (Lipinski definition) is 4. The van der Waals surface area contributed by atoms with E-state index in [4.69, 9.17) is 4.98 Å². The SMILES string of the molecule is Cc1cc(Nc2ccc3c(n2)NC(c2ccc(Nc4ccnc5ccc(C#N)cc45)nc2)N3)ccn1. The van der Waals surface area contributed by atoms with Gasteiger partial charge in [-0.3, -0.25) is 9.97 Å². The molecule has 174 valence electrons. The van der Waals surface area contributed by atoms with Crippen LogP contribution in [0, 0.1) is 18.3 Å². The van der Waals surface area contributed by atoms with Gasteiger partial charge in [0.2, 0.25) is 0 Å². The standard InChI is InChI=1S/C27H21N9/c1-16-12-19(8-10-29-16)32-25-7-5-23-27(35-25)36-26(34-23)18-3-6-24(31-15-18)33-22-9-11-30-21-4-2-17(14-28)13-20(21)22/h2-13,15,26,34H,1H3,(H,30,31,33)(H2,29,32,35,36). The van der Waals surface area contributed by atoms with E-state index in [1.54, 1.807) is 18.5 Å². The Bertz CT molecular complexity index is 1620. The van der Waals surface area contributed by atoms with Gasteiger partial charge >= 0.3 is 0 Å². The number of nitrogens with one attached hydrogen (secondary N) is 4. The van der Waals surface area contributed by atoms with E-state index < -0.39 is 0 Å². The quantitative estimate of drug-likeness (QED) is 0.258. The Balaban J connectivity index is 1.17. The zero-order chi connectivity index (χ0) is 24.5.